The summed E-state index contributed by atoms with van der Waals surface area (Å²) in [5.74, 6) is 1.17. The van der Waals surface area contributed by atoms with Gasteiger partial charge < -0.3 is 15.4 Å². The highest BCUT2D eigenvalue weighted by atomic mass is 16.5. The van der Waals surface area contributed by atoms with Gasteiger partial charge in [0.1, 0.15) is 5.75 Å². The van der Waals surface area contributed by atoms with Gasteiger partial charge in [-0.25, -0.2) is 0 Å². The second kappa shape index (κ2) is 8.31. The lowest BCUT2D eigenvalue weighted by Gasteiger charge is -2.30. The van der Waals surface area contributed by atoms with Gasteiger partial charge in [0.25, 0.3) is 0 Å². The van der Waals surface area contributed by atoms with E-state index >= 15 is 0 Å². The lowest BCUT2D eigenvalue weighted by Crippen LogP contribution is -2.27. The van der Waals surface area contributed by atoms with Crippen LogP contribution in [0.1, 0.15) is 42.9 Å². The standard InChI is InChI=1S/C27H26N2O2/c1-2-31-25-15-9-6-12-20(25)27-26-23(28-21-13-7-8-14-22(21)29-27)16-19(17-24(26)30)18-10-4-3-5-11-18/h3-15,19,27-29H,2,16-17H2,1H3/t19-,27-/m1/s1. The summed E-state index contributed by atoms with van der Waals surface area (Å²) in [6.07, 6.45) is 1.31. The van der Waals surface area contributed by atoms with Gasteiger partial charge >= 0.3 is 0 Å². The van der Waals surface area contributed by atoms with Crippen molar-refractivity contribution in [1.29, 1.82) is 0 Å². The zero-order chi connectivity index (χ0) is 21.2. The summed E-state index contributed by atoms with van der Waals surface area (Å²) in [5, 5.41) is 7.24. The number of fused-ring (bicyclic) bond motifs is 1. The molecule has 0 aromatic heterocycles. The number of carbonyl (C=O) groups is 1. The molecular formula is C27H26N2O2. The molecular weight excluding hydrogens is 384 g/mol. The van der Waals surface area contributed by atoms with E-state index in [2.05, 4.69) is 41.0 Å². The zero-order valence-corrected chi connectivity index (χ0v) is 17.6. The quantitative estimate of drug-likeness (QED) is 0.548. The Balaban J connectivity index is 1.63. The van der Waals surface area contributed by atoms with Crippen LogP contribution in [0.5, 0.6) is 5.75 Å². The Bertz CT molecular complexity index is 1140. The van der Waals surface area contributed by atoms with Gasteiger partial charge in [-0.3, -0.25) is 4.79 Å². The Morgan fingerprint density at radius 3 is 2.39 bits per heavy atom. The van der Waals surface area contributed by atoms with E-state index in [0.29, 0.717) is 13.0 Å². The number of hydrogen-bond donors (Lipinski definition) is 2. The molecule has 1 aliphatic heterocycles. The molecule has 0 spiro atoms. The maximum absolute atomic E-state index is 13.6. The number of rotatable bonds is 4. The maximum atomic E-state index is 13.6. The summed E-state index contributed by atoms with van der Waals surface area (Å²) in [6, 6.07) is 26.2. The van der Waals surface area contributed by atoms with Gasteiger partial charge in [-0.1, -0.05) is 60.7 Å². The van der Waals surface area contributed by atoms with Crippen LogP contribution in [0.4, 0.5) is 11.4 Å². The molecule has 31 heavy (non-hydrogen) atoms. The molecule has 3 aromatic carbocycles. The predicted octanol–water partition coefficient (Wildman–Crippen LogP) is 6.06. The number of nitrogens with one attached hydrogen (secondary N) is 2. The number of carbonyl (C=O) groups excluding carboxylic acids is 1. The first-order chi connectivity index (χ1) is 15.2. The topological polar surface area (TPSA) is 50.4 Å². The van der Waals surface area contributed by atoms with Gasteiger partial charge in [0.2, 0.25) is 0 Å². The van der Waals surface area contributed by atoms with E-state index < -0.39 is 0 Å². The molecule has 4 heteroatoms. The highest BCUT2D eigenvalue weighted by Crippen LogP contribution is 2.45. The predicted molar refractivity (Wildman–Crippen MR) is 124 cm³/mol. The lowest BCUT2D eigenvalue weighted by atomic mass is 9.78. The first-order valence-corrected chi connectivity index (χ1v) is 10.9. The summed E-state index contributed by atoms with van der Waals surface area (Å²) in [4.78, 5) is 13.6. The summed E-state index contributed by atoms with van der Waals surface area (Å²) < 4.78 is 5.93. The molecule has 2 N–H and O–H groups in total. The number of ether oxygens (including phenoxy) is 1. The molecule has 0 amide bonds. The van der Waals surface area contributed by atoms with Crippen LogP contribution in [0.15, 0.2) is 90.1 Å². The number of benzene rings is 3. The van der Waals surface area contributed by atoms with Crippen molar-refractivity contribution in [2.45, 2.75) is 31.7 Å². The molecule has 2 atom stereocenters. The van der Waals surface area contributed by atoms with Gasteiger partial charge in [0.05, 0.1) is 24.0 Å². The molecule has 3 aromatic rings. The van der Waals surface area contributed by atoms with E-state index in [1.807, 2.05) is 55.5 Å². The van der Waals surface area contributed by atoms with Gasteiger partial charge in [0, 0.05) is 23.3 Å². The minimum atomic E-state index is -0.266. The van der Waals surface area contributed by atoms with Gasteiger partial charge in [-0.05, 0) is 43.0 Å². The lowest BCUT2D eigenvalue weighted by molar-refractivity contribution is -0.116. The minimum absolute atomic E-state index is 0.174. The SMILES string of the molecule is CCOc1ccccc1[C@H]1Nc2ccccc2NC2=C1C(=O)C[C@H](c1ccccc1)C2. The molecule has 0 saturated carbocycles. The summed E-state index contributed by atoms with van der Waals surface area (Å²) in [6.45, 7) is 2.56. The Morgan fingerprint density at radius 1 is 0.871 bits per heavy atom. The van der Waals surface area contributed by atoms with Crippen molar-refractivity contribution in [3.8, 4) is 5.75 Å². The molecule has 0 bridgehead atoms. The Kier molecular flexibility index (Phi) is 5.21. The average molecular weight is 411 g/mol. The molecule has 1 heterocycles. The first-order valence-electron chi connectivity index (χ1n) is 10.9. The van der Waals surface area contributed by atoms with Crippen LogP contribution in [-0.4, -0.2) is 12.4 Å². The number of allylic oxidation sites excluding steroid dienone is 1. The van der Waals surface area contributed by atoms with E-state index in [0.717, 1.165) is 40.4 Å². The van der Waals surface area contributed by atoms with Crippen molar-refractivity contribution in [3.05, 3.63) is 101 Å². The summed E-state index contributed by atoms with van der Waals surface area (Å²) >= 11 is 0. The van der Waals surface area contributed by atoms with Crippen molar-refractivity contribution in [1.82, 2.24) is 0 Å². The molecule has 2 aliphatic rings. The Morgan fingerprint density at radius 2 is 1.58 bits per heavy atom. The molecule has 0 saturated heterocycles. The van der Waals surface area contributed by atoms with Crippen molar-refractivity contribution < 1.29 is 9.53 Å². The van der Waals surface area contributed by atoms with Gasteiger partial charge in [0.15, 0.2) is 5.78 Å². The van der Waals surface area contributed by atoms with Crippen LogP contribution in [-0.2, 0) is 4.79 Å². The maximum Gasteiger partial charge on any atom is 0.163 e. The average Bonchev–Trinajstić information content (AvgIpc) is 2.97. The highest BCUT2D eigenvalue weighted by Gasteiger charge is 2.36. The van der Waals surface area contributed by atoms with Crippen molar-refractivity contribution in [3.63, 3.8) is 0 Å². The minimum Gasteiger partial charge on any atom is -0.494 e. The van der Waals surface area contributed by atoms with Gasteiger partial charge in [-0.2, -0.15) is 0 Å². The Labute approximate surface area is 183 Å². The first kappa shape index (κ1) is 19.4. The zero-order valence-electron chi connectivity index (χ0n) is 17.6. The van der Waals surface area contributed by atoms with E-state index in [9.17, 15) is 4.79 Å². The smallest absolute Gasteiger partial charge is 0.163 e. The fraction of sp³-hybridized carbons (Fsp3) is 0.222. The van der Waals surface area contributed by atoms with Crippen molar-refractivity contribution in [2.24, 2.45) is 0 Å². The summed E-state index contributed by atoms with van der Waals surface area (Å²) in [7, 11) is 0. The molecule has 5 rings (SSSR count). The van der Waals surface area contributed by atoms with Crippen LogP contribution in [0.2, 0.25) is 0 Å². The second-order valence-electron chi connectivity index (χ2n) is 8.05. The molecule has 0 fully saturated rings. The number of anilines is 2. The number of para-hydroxylation sites is 3. The van der Waals surface area contributed by atoms with Crippen LogP contribution in [0, 0.1) is 0 Å². The Hall–Kier alpha value is -3.53. The van der Waals surface area contributed by atoms with E-state index in [1.54, 1.807) is 0 Å². The normalized spacial score (nSPS) is 20.1. The molecule has 0 radical (unpaired) electrons. The number of hydrogen-bond acceptors (Lipinski definition) is 4. The number of Topliss-reactive ketones (excluding diaryl/α,β-unsaturated/α-hetero) is 1. The molecule has 0 unspecified atom stereocenters. The monoisotopic (exact) mass is 410 g/mol. The number of ketones is 1. The van der Waals surface area contributed by atoms with Crippen LogP contribution in [0.3, 0.4) is 0 Å². The third kappa shape index (κ3) is 3.70. The van der Waals surface area contributed by atoms with E-state index in [1.165, 1.54) is 5.56 Å². The van der Waals surface area contributed by atoms with Crippen molar-refractivity contribution in [2.75, 3.05) is 17.2 Å². The van der Waals surface area contributed by atoms with E-state index in [4.69, 9.17) is 4.74 Å². The van der Waals surface area contributed by atoms with Crippen LogP contribution >= 0.6 is 0 Å². The van der Waals surface area contributed by atoms with Crippen molar-refractivity contribution >= 4 is 17.2 Å². The van der Waals surface area contributed by atoms with Crippen LogP contribution in [0.25, 0.3) is 0 Å². The third-order valence-electron chi connectivity index (χ3n) is 6.11. The second-order valence-corrected chi connectivity index (χ2v) is 8.05. The van der Waals surface area contributed by atoms with E-state index in [-0.39, 0.29) is 17.7 Å². The molecule has 1 aliphatic carbocycles. The van der Waals surface area contributed by atoms with Gasteiger partial charge in [-0.15, -0.1) is 0 Å². The summed E-state index contributed by atoms with van der Waals surface area (Å²) in [5.41, 5.74) is 5.99. The fourth-order valence-corrected chi connectivity index (χ4v) is 4.69. The largest absolute Gasteiger partial charge is 0.494 e. The highest BCUT2D eigenvalue weighted by molar-refractivity contribution is 6.01. The molecule has 156 valence electrons. The van der Waals surface area contributed by atoms with Crippen LogP contribution < -0.4 is 15.4 Å². The third-order valence-corrected chi connectivity index (χ3v) is 6.11. The fourth-order valence-electron chi connectivity index (χ4n) is 4.69. The molecule has 4 nitrogen and oxygen atoms in total.